The number of halogens is 2. The van der Waals surface area contributed by atoms with E-state index in [1.807, 2.05) is 30.3 Å². The highest BCUT2D eigenvalue weighted by molar-refractivity contribution is 7.92. The van der Waals surface area contributed by atoms with E-state index in [1.165, 1.54) is 22.5 Å². The van der Waals surface area contributed by atoms with Gasteiger partial charge in [-0.15, -0.1) is 0 Å². The van der Waals surface area contributed by atoms with E-state index in [4.69, 9.17) is 28.3 Å². The van der Waals surface area contributed by atoms with Gasteiger partial charge in [0.25, 0.3) is 10.0 Å². The molecule has 0 saturated carbocycles. The number of rotatable bonds is 7. The van der Waals surface area contributed by atoms with E-state index in [-0.39, 0.29) is 34.3 Å². The Hall–Kier alpha value is -2.28. The fraction of sp³-hybridized carbons (Fsp3) is 0.150. The molecule has 0 bridgehead atoms. The Balaban J connectivity index is 2.06. The third kappa shape index (κ3) is 4.41. The number of anilines is 1. The molecule has 0 heterocycles. The van der Waals surface area contributed by atoms with Gasteiger partial charge in [0.05, 0.1) is 20.6 Å². The maximum atomic E-state index is 13.3. The summed E-state index contributed by atoms with van der Waals surface area (Å²) in [4.78, 5) is 10.9. The second kappa shape index (κ2) is 8.39. The van der Waals surface area contributed by atoms with E-state index in [0.717, 1.165) is 10.8 Å². The third-order valence-electron chi connectivity index (χ3n) is 4.25. The number of sulfonamides is 1. The number of carbonyl (C=O) groups is 1. The Labute approximate surface area is 173 Å². The van der Waals surface area contributed by atoms with Crippen LogP contribution in [0.2, 0.25) is 10.0 Å². The lowest BCUT2D eigenvalue weighted by Crippen LogP contribution is -2.32. The van der Waals surface area contributed by atoms with Crippen molar-refractivity contribution in [3.63, 3.8) is 0 Å². The molecule has 0 atom stereocenters. The van der Waals surface area contributed by atoms with Crippen LogP contribution in [0.4, 0.5) is 5.69 Å². The highest BCUT2D eigenvalue weighted by Gasteiger charge is 2.26. The molecule has 0 spiro atoms. The molecule has 8 heteroatoms. The van der Waals surface area contributed by atoms with Crippen LogP contribution in [0.3, 0.4) is 0 Å². The van der Waals surface area contributed by atoms with Crippen molar-refractivity contribution in [3.8, 4) is 0 Å². The van der Waals surface area contributed by atoms with Gasteiger partial charge in [0.1, 0.15) is 0 Å². The zero-order valence-corrected chi connectivity index (χ0v) is 17.0. The van der Waals surface area contributed by atoms with Gasteiger partial charge >= 0.3 is 5.97 Å². The first-order valence-electron chi connectivity index (χ1n) is 8.47. The average molecular weight is 438 g/mol. The van der Waals surface area contributed by atoms with Crippen LogP contribution in [-0.2, 0) is 14.8 Å². The van der Waals surface area contributed by atoms with Crippen LogP contribution in [0.15, 0.2) is 65.6 Å². The summed E-state index contributed by atoms with van der Waals surface area (Å²) in [5, 5.41) is 11.2. The highest BCUT2D eigenvalue weighted by Crippen LogP contribution is 2.31. The molecule has 0 aliphatic carbocycles. The summed E-state index contributed by atoms with van der Waals surface area (Å²) in [7, 11) is -3.96. The lowest BCUT2D eigenvalue weighted by atomic mass is 10.1. The van der Waals surface area contributed by atoms with E-state index < -0.39 is 16.0 Å². The smallest absolute Gasteiger partial charge is 0.303 e. The number of aliphatic carboxylic acids is 1. The molecule has 3 aromatic carbocycles. The molecule has 0 amide bonds. The van der Waals surface area contributed by atoms with Crippen LogP contribution in [0, 0.1) is 0 Å². The molecule has 0 unspecified atom stereocenters. The van der Waals surface area contributed by atoms with Gasteiger partial charge < -0.3 is 5.11 Å². The predicted molar refractivity (Wildman–Crippen MR) is 112 cm³/mol. The van der Waals surface area contributed by atoms with Gasteiger partial charge in [0.15, 0.2) is 0 Å². The molecule has 3 aromatic rings. The van der Waals surface area contributed by atoms with Crippen molar-refractivity contribution in [2.75, 3.05) is 10.8 Å². The first kappa shape index (κ1) is 20.5. The maximum Gasteiger partial charge on any atom is 0.303 e. The minimum Gasteiger partial charge on any atom is -0.481 e. The summed E-state index contributed by atoms with van der Waals surface area (Å²) in [6, 6.07) is 17.0. The van der Waals surface area contributed by atoms with Gasteiger partial charge in [0.2, 0.25) is 0 Å². The van der Waals surface area contributed by atoms with Gasteiger partial charge in [0, 0.05) is 13.0 Å². The van der Waals surface area contributed by atoms with Crippen LogP contribution < -0.4 is 4.31 Å². The number of hydrogen-bond donors (Lipinski definition) is 1. The zero-order chi connectivity index (χ0) is 20.3. The zero-order valence-electron chi connectivity index (χ0n) is 14.7. The van der Waals surface area contributed by atoms with Gasteiger partial charge in [-0.25, -0.2) is 8.42 Å². The second-order valence-electron chi connectivity index (χ2n) is 6.18. The lowest BCUT2D eigenvalue weighted by molar-refractivity contribution is -0.137. The molecular formula is C20H17Cl2NO4S. The molecule has 3 rings (SSSR count). The van der Waals surface area contributed by atoms with E-state index >= 15 is 0 Å². The van der Waals surface area contributed by atoms with E-state index in [1.54, 1.807) is 12.1 Å². The molecule has 5 nitrogen and oxygen atoms in total. The number of nitrogens with zero attached hydrogens (tertiary/aromatic N) is 1. The summed E-state index contributed by atoms with van der Waals surface area (Å²) in [6.45, 7) is 0.0211. The SMILES string of the molecule is O=C(O)CCCN(c1ccc2ccccc2c1)S(=O)(=O)c1ccc(Cl)c(Cl)c1. The van der Waals surface area contributed by atoms with Gasteiger partial charge in [-0.1, -0.05) is 53.5 Å². The van der Waals surface area contributed by atoms with E-state index in [0.29, 0.717) is 5.69 Å². The number of benzene rings is 3. The topological polar surface area (TPSA) is 74.7 Å². The average Bonchev–Trinajstić information content (AvgIpc) is 2.66. The number of hydrogen-bond acceptors (Lipinski definition) is 3. The number of carboxylic acid groups (broad SMARTS) is 1. The molecule has 0 fully saturated rings. The van der Waals surface area contributed by atoms with Crippen molar-refractivity contribution in [2.24, 2.45) is 0 Å². The Morgan fingerprint density at radius 2 is 1.64 bits per heavy atom. The van der Waals surface area contributed by atoms with Crippen molar-refractivity contribution < 1.29 is 18.3 Å². The largest absolute Gasteiger partial charge is 0.481 e. The van der Waals surface area contributed by atoms with Crippen LogP contribution in [0.1, 0.15) is 12.8 Å². The Bertz CT molecular complexity index is 1130. The number of fused-ring (bicyclic) bond motifs is 1. The standard InChI is InChI=1S/C20H17Cl2NO4S/c21-18-10-9-17(13-19(18)22)28(26,27)23(11-3-6-20(24)25)16-8-7-14-4-1-2-5-15(14)12-16/h1-2,4-5,7-10,12-13H,3,6,11H2,(H,24,25). The predicted octanol–water partition coefficient (Wildman–Crippen LogP) is 5.21. The van der Waals surface area contributed by atoms with Gasteiger partial charge in [-0.2, -0.15) is 0 Å². The van der Waals surface area contributed by atoms with E-state index in [9.17, 15) is 13.2 Å². The minimum atomic E-state index is -3.96. The van der Waals surface area contributed by atoms with Crippen LogP contribution in [0.25, 0.3) is 10.8 Å². The van der Waals surface area contributed by atoms with Crippen LogP contribution in [0.5, 0.6) is 0 Å². The third-order valence-corrected chi connectivity index (χ3v) is 6.81. The summed E-state index contributed by atoms with van der Waals surface area (Å²) in [6.07, 6.45) is 0.0314. The molecule has 1 N–H and O–H groups in total. The summed E-state index contributed by atoms with van der Waals surface area (Å²) in [5.41, 5.74) is 0.454. The van der Waals surface area contributed by atoms with Crippen molar-refractivity contribution in [3.05, 3.63) is 70.7 Å². The number of carboxylic acids is 1. The first-order valence-corrected chi connectivity index (χ1v) is 10.7. The Morgan fingerprint density at radius 1 is 0.929 bits per heavy atom. The summed E-state index contributed by atoms with van der Waals surface area (Å²) >= 11 is 11.9. The van der Waals surface area contributed by atoms with Crippen LogP contribution >= 0.6 is 23.2 Å². The quantitative estimate of drug-likeness (QED) is 0.550. The van der Waals surface area contributed by atoms with Crippen molar-refractivity contribution in [1.82, 2.24) is 0 Å². The Kier molecular flexibility index (Phi) is 6.13. The molecular weight excluding hydrogens is 421 g/mol. The second-order valence-corrected chi connectivity index (χ2v) is 8.86. The molecule has 0 radical (unpaired) electrons. The fourth-order valence-electron chi connectivity index (χ4n) is 2.86. The molecule has 146 valence electrons. The van der Waals surface area contributed by atoms with Gasteiger partial charge in [-0.3, -0.25) is 9.10 Å². The molecule has 0 aliphatic heterocycles. The van der Waals surface area contributed by atoms with Crippen molar-refractivity contribution >= 4 is 55.7 Å². The normalized spacial score (nSPS) is 11.5. The molecule has 0 aliphatic rings. The molecule has 0 aromatic heterocycles. The monoisotopic (exact) mass is 437 g/mol. The minimum absolute atomic E-state index is 0.00890. The highest BCUT2D eigenvalue weighted by atomic mass is 35.5. The summed E-state index contributed by atoms with van der Waals surface area (Å²) in [5.74, 6) is -0.981. The maximum absolute atomic E-state index is 13.3. The van der Waals surface area contributed by atoms with Crippen molar-refractivity contribution in [2.45, 2.75) is 17.7 Å². The van der Waals surface area contributed by atoms with Crippen molar-refractivity contribution in [1.29, 1.82) is 0 Å². The lowest BCUT2D eigenvalue weighted by Gasteiger charge is -2.25. The van der Waals surface area contributed by atoms with Crippen LogP contribution in [-0.4, -0.2) is 26.0 Å². The Morgan fingerprint density at radius 3 is 2.32 bits per heavy atom. The fourth-order valence-corrected chi connectivity index (χ4v) is 4.74. The van der Waals surface area contributed by atoms with Gasteiger partial charge in [-0.05, 0) is 47.5 Å². The summed E-state index contributed by atoms with van der Waals surface area (Å²) < 4.78 is 27.8. The molecule has 28 heavy (non-hydrogen) atoms. The van der Waals surface area contributed by atoms with E-state index in [2.05, 4.69) is 0 Å². The molecule has 0 saturated heterocycles. The first-order chi connectivity index (χ1) is 13.3.